The average molecular weight is 227 g/mol. The summed E-state index contributed by atoms with van der Waals surface area (Å²) >= 11 is 1.66. The fourth-order valence-corrected chi connectivity index (χ4v) is 1.98. The number of aromatic nitrogens is 1. The molecule has 1 N–H and O–H groups in total. The van der Waals surface area contributed by atoms with Crippen molar-refractivity contribution >= 4 is 11.3 Å². The zero-order valence-corrected chi connectivity index (χ0v) is 10.7. The van der Waals surface area contributed by atoms with Crippen LogP contribution in [0.25, 0.3) is 0 Å². The molecule has 0 spiro atoms. The Bertz CT molecular complexity index is 248. The third-order valence-corrected chi connectivity index (χ3v) is 3.27. The molecule has 1 heterocycles. The summed E-state index contributed by atoms with van der Waals surface area (Å²) in [6.07, 6.45) is 1.19. The Morgan fingerprint density at radius 3 is 3.00 bits per heavy atom. The van der Waals surface area contributed by atoms with Crippen LogP contribution in [0.4, 0.5) is 0 Å². The van der Waals surface area contributed by atoms with Gasteiger partial charge in [0.25, 0.3) is 0 Å². The van der Waals surface area contributed by atoms with Gasteiger partial charge in [-0.1, -0.05) is 6.92 Å². The van der Waals surface area contributed by atoms with E-state index in [-0.39, 0.29) is 0 Å². The van der Waals surface area contributed by atoms with Crippen molar-refractivity contribution < 1.29 is 0 Å². The number of hydrogen-bond donors (Lipinski definition) is 1. The molecule has 86 valence electrons. The molecule has 0 saturated carbocycles. The van der Waals surface area contributed by atoms with Crippen molar-refractivity contribution in [3.63, 3.8) is 0 Å². The van der Waals surface area contributed by atoms with E-state index in [1.54, 1.807) is 11.3 Å². The lowest BCUT2D eigenvalue weighted by Crippen LogP contribution is -2.31. The number of nitrogens with one attached hydrogen (secondary N) is 1. The molecule has 1 atom stereocenters. The van der Waals surface area contributed by atoms with Gasteiger partial charge in [0.2, 0.25) is 0 Å². The van der Waals surface area contributed by atoms with Crippen molar-refractivity contribution in [2.75, 3.05) is 20.1 Å². The summed E-state index contributed by atoms with van der Waals surface area (Å²) < 4.78 is 0. The van der Waals surface area contributed by atoms with Crippen molar-refractivity contribution in [1.82, 2.24) is 15.2 Å². The molecule has 4 heteroatoms. The van der Waals surface area contributed by atoms with Crippen LogP contribution in [0.15, 0.2) is 10.9 Å². The van der Waals surface area contributed by atoms with E-state index in [1.165, 1.54) is 12.1 Å². The highest BCUT2D eigenvalue weighted by atomic mass is 32.1. The van der Waals surface area contributed by atoms with Gasteiger partial charge in [-0.2, -0.15) is 0 Å². The topological polar surface area (TPSA) is 28.2 Å². The van der Waals surface area contributed by atoms with Gasteiger partial charge < -0.3 is 5.32 Å². The molecule has 1 unspecified atom stereocenters. The van der Waals surface area contributed by atoms with Crippen LogP contribution in [-0.4, -0.2) is 36.1 Å². The average Bonchev–Trinajstić information content (AvgIpc) is 2.70. The van der Waals surface area contributed by atoms with E-state index in [0.717, 1.165) is 19.6 Å². The molecule has 0 radical (unpaired) electrons. The van der Waals surface area contributed by atoms with Crippen LogP contribution < -0.4 is 5.32 Å². The maximum atomic E-state index is 4.30. The predicted octanol–water partition coefficient (Wildman–Crippen LogP) is 1.96. The fraction of sp³-hybridized carbons (Fsp3) is 0.727. The zero-order chi connectivity index (χ0) is 11.1. The molecule has 0 amide bonds. The summed E-state index contributed by atoms with van der Waals surface area (Å²) in [6, 6.07) is 0.603. The summed E-state index contributed by atoms with van der Waals surface area (Å²) in [5.41, 5.74) is 3.07. The first-order valence-corrected chi connectivity index (χ1v) is 6.46. The SMILES string of the molecule is CCNCCC(C)N(C)Cc1cscn1. The monoisotopic (exact) mass is 227 g/mol. The highest BCUT2D eigenvalue weighted by Gasteiger charge is 2.09. The van der Waals surface area contributed by atoms with Crippen molar-refractivity contribution in [3.8, 4) is 0 Å². The van der Waals surface area contributed by atoms with Crippen molar-refractivity contribution in [2.24, 2.45) is 0 Å². The second-order valence-electron chi connectivity index (χ2n) is 3.89. The summed E-state index contributed by atoms with van der Waals surface area (Å²) in [4.78, 5) is 6.65. The normalized spacial score (nSPS) is 13.3. The molecule has 1 aromatic heterocycles. The van der Waals surface area contributed by atoms with Gasteiger partial charge in [0, 0.05) is 18.0 Å². The largest absolute Gasteiger partial charge is 0.317 e. The quantitative estimate of drug-likeness (QED) is 0.722. The molecule has 0 aliphatic heterocycles. The molecule has 0 aromatic carbocycles. The Labute approximate surface area is 96.5 Å². The summed E-state index contributed by atoms with van der Waals surface area (Å²) in [5, 5.41) is 5.47. The van der Waals surface area contributed by atoms with Gasteiger partial charge in [0.05, 0.1) is 11.2 Å². The van der Waals surface area contributed by atoms with Crippen LogP contribution in [0.3, 0.4) is 0 Å². The molecule has 0 fully saturated rings. The van der Waals surface area contributed by atoms with Gasteiger partial charge in [0.15, 0.2) is 0 Å². The van der Waals surface area contributed by atoms with Gasteiger partial charge in [-0.3, -0.25) is 4.90 Å². The maximum Gasteiger partial charge on any atom is 0.0795 e. The summed E-state index contributed by atoms with van der Waals surface area (Å²) in [6.45, 7) is 7.52. The van der Waals surface area contributed by atoms with Gasteiger partial charge in [-0.05, 0) is 33.5 Å². The number of rotatable bonds is 7. The Morgan fingerprint density at radius 1 is 1.60 bits per heavy atom. The molecule has 0 bridgehead atoms. The standard InChI is InChI=1S/C11H21N3S/c1-4-12-6-5-10(2)14(3)7-11-8-15-9-13-11/h8-10,12H,4-7H2,1-3H3. The van der Waals surface area contributed by atoms with Gasteiger partial charge in [-0.15, -0.1) is 11.3 Å². The fourth-order valence-electron chi connectivity index (χ4n) is 1.44. The second-order valence-corrected chi connectivity index (χ2v) is 4.60. The van der Waals surface area contributed by atoms with Crippen LogP contribution in [-0.2, 0) is 6.54 Å². The van der Waals surface area contributed by atoms with E-state index in [1.807, 2.05) is 5.51 Å². The van der Waals surface area contributed by atoms with Crippen LogP contribution >= 0.6 is 11.3 Å². The van der Waals surface area contributed by atoms with E-state index < -0.39 is 0 Å². The maximum absolute atomic E-state index is 4.30. The first-order valence-electron chi connectivity index (χ1n) is 5.52. The lowest BCUT2D eigenvalue weighted by Gasteiger charge is -2.23. The van der Waals surface area contributed by atoms with Gasteiger partial charge in [-0.25, -0.2) is 4.98 Å². The molecular weight excluding hydrogens is 206 g/mol. The van der Waals surface area contributed by atoms with E-state index >= 15 is 0 Å². The first kappa shape index (κ1) is 12.6. The molecule has 3 nitrogen and oxygen atoms in total. The first-order chi connectivity index (χ1) is 7.24. The highest BCUT2D eigenvalue weighted by Crippen LogP contribution is 2.08. The number of thiazole rings is 1. The third kappa shape index (κ3) is 4.73. The van der Waals surface area contributed by atoms with E-state index in [9.17, 15) is 0 Å². The van der Waals surface area contributed by atoms with Crippen molar-refractivity contribution in [3.05, 3.63) is 16.6 Å². The molecule has 0 aliphatic carbocycles. The zero-order valence-electron chi connectivity index (χ0n) is 9.86. The van der Waals surface area contributed by atoms with E-state index in [2.05, 4.69) is 41.5 Å². The smallest absolute Gasteiger partial charge is 0.0795 e. The minimum Gasteiger partial charge on any atom is -0.317 e. The Kier molecular flexibility index (Phi) is 5.83. The Balaban J connectivity index is 2.23. The lowest BCUT2D eigenvalue weighted by molar-refractivity contribution is 0.235. The minimum absolute atomic E-state index is 0.603. The second kappa shape index (κ2) is 6.93. The van der Waals surface area contributed by atoms with Crippen molar-refractivity contribution in [2.45, 2.75) is 32.9 Å². The Morgan fingerprint density at radius 2 is 2.40 bits per heavy atom. The van der Waals surface area contributed by atoms with Crippen molar-refractivity contribution in [1.29, 1.82) is 0 Å². The van der Waals surface area contributed by atoms with Gasteiger partial charge in [0.1, 0.15) is 0 Å². The third-order valence-electron chi connectivity index (χ3n) is 2.64. The Hall–Kier alpha value is -0.450. The predicted molar refractivity (Wildman–Crippen MR) is 66.2 cm³/mol. The van der Waals surface area contributed by atoms with Crippen LogP contribution in [0.1, 0.15) is 26.0 Å². The lowest BCUT2D eigenvalue weighted by atomic mass is 10.2. The van der Waals surface area contributed by atoms with Gasteiger partial charge >= 0.3 is 0 Å². The molecule has 1 aromatic rings. The van der Waals surface area contributed by atoms with Crippen LogP contribution in [0.2, 0.25) is 0 Å². The molecular formula is C11H21N3S. The number of nitrogens with zero attached hydrogens (tertiary/aromatic N) is 2. The number of hydrogen-bond acceptors (Lipinski definition) is 4. The summed E-state index contributed by atoms with van der Waals surface area (Å²) in [5.74, 6) is 0. The molecule has 0 aliphatic rings. The minimum atomic E-state index is 0.603. The molecule has 0 saturated heterocycles. The molecule has 15 heavy (non-hydrogen) atoms. The van der Waals surface area contributed by atoms with Crippen LogP contribution in [0, 0.1) is 0 Å². The van der Waals surface area contributed by atoms with E-state index in [0.29, 0.717) is 6.04 Å². The molecule has 1 rings (SSSR count). The summed E-state index contributed by atoms with van der Waals surface area (Å²) in [7, 11) is 2.16. The highest BCUT2D eigenvalue weighted by molar-refractivity contribution is 7.07. The van der Waals surface area contributed by atoms with E-state index in [4.69, 9.17) is 0 Å². The van der Waals surface area contributed by atoms with Crippen LogP contribution in [0.5, 0.6) is 0 Å².